The number of sulfone groups is 1. The second kappa shape index (κ2) is 9.20. The Morgan fingerprint density at radius 2 is 1.69 bits per heavy atom. The van der Waals surface area contributed by atoms with Crippen LogP contribution in [0.2, 0.25) is 0 Å². The Bertz CT molecular complexity index is 593. The van der Waals surface area contributed by atoms with E-state index in [0.29, 0.717) is 12.8 Å². The summed E-state index contributed by atoms with van der Waals surface area (Å²) < 4.78 is 23.7. The normalized spacial score (nSPS) is 28.1. The van der Waals surface area contributed by atoms with E-state index in [1.54, 1.807) is 0 Å². The highest BCUT2D eigenvalue weighted by Crippen LogP contribution is 2.26. The number of rotatable bonds is 7. The lowest BCUT2D eigenvalue weighted by molar-refractivity contribution is -0.137. The van der Waals surface area contributed by atoms with E-state index < -0.39 is 15.1 Å². The molecule has 1 heterocycles. The van der Waals surface area contributed by atoms with E-state index in [0.717, 1.165) is 38.5 Å². The number of nitrogens with one attached hydrogen (secondary N) is 1. The molecule has 6 nitrogen and oxygen atoms in total. The lowest BCUT2D eigenvalue weighted by atomic mass is 9.89. The van der Waals surface area contributed by atoms with Crippen LogP contribution in [0.4, 0.5) is 0 Å². The van der Waals surface area contributed by atoms with Gasteiger partial charge >= 0.3 is 0 Å². The molecule has 2 aliphatic rings. The fourth-order valence-corrected chi connectivity index (χ4v) is 6.13. The van der Waals surface area contributed by atoms with Gasteiger partial charge in [0.1, 0.15) is 0 Å². The van der Waals surface area contributed by atoms with Crippen LogP contribution < -0.4 is 5.32 Å². The molecule has 1 atom stereocenters. The molecule has 0 bridgehead atoms. The summed E-state index contributed by atoms with van der Waals surface area (Å²) >= 11 is 0. The summed E-state index contributed by atoms with van der Waals surface area (Å²) in [7, 11) is -1.17. The van der Waals surface area contributed by atoms with Crippen LogP contribution in [-0.2, 0) is 19.4 Å². The van der Waals surface area contributed by atoms with E-state index in [1.807, 2.05) is 11.9 Å². The van der Waals surface area contributed by atoms with E-state index >= 15 is 0 Å². The second-order valence-electron chi connectivity index (χ2n) is 7.87. The predicted molar refractivity (Wildman–Crippen MR) is 102 cm³/mol. The largest absolute Gasteiger partial charge is 0.353 e. The average molecular weight is 387 g/mol. The highest BCUT2D eigenvalue weighted by molar-refractivity contribution is 7.92. The van der Waals surface area contributed by atoms with Gasteiger partial charge in [0.15, 0.2) is 9.84 Å². The van der Waals surface area contributed by atoms with Crippen molar-refractivity contribution in [3.8, 4) is 0 Å². The summed E-state index contributed by atoms with van der Waals surface area (Å²) in [5.41, 5.74) is 0. The predicted octanol–water partition coefficient (Wildman–Crippen LogP) is 2.28. The smallest absolute Gasteiger partial charge is 0.225 e. The molecule has 1 aliphatic carbocycles. The number of carbonyl (C=O) groups excluding carboxylic acids is 2. The molecule has 2 fully saturated rings. The first-order chi connectivity index (χ1) is 12.3. The fraction of sp³-hybridized carbons (Fsp3) is 0.895. The third-order valence-electron chi connectivity index (χ3n) is 6.17. The summed E-state index contributed by atoms with van der Waals surface area (Å²) in [6.45, 7) is 4.10. The van der Waals surface area contributed by atoms with Crippen molar-refractivity contribution in [1.82, 2.24) is 10.2 Å². The Morgan fingerprint density at radius 1 is 1.08 bits per heavy atom. The van der Waals surface area contributed by atoms with Gasteiger partial charge in [-0.05, 0) is 51.4 Å². The van der Waals surface area contributed by atoms with Crippen molar-refractivity contribution in [2.24, 2.45) is 5.92 Å². The maximum atomic E-state index is 12.5. The van der Waals surface area contributed by atoms with Gasteiger partial charge in [0.2, 0.25) is 11.8 Å². The molecule has 0 aromatic heterocycles. The molecule has 1 unspecified atom stereocenters. The van der Waals surface area contributed by atoms with Crippen LogP contribution in [0, 0.1) is 5.92 Å². The number of amides is 2. The van der Waals surface area contributed by atoms with E-state index in [4.69, 9.17) is 0 Å². The van der Waals surface area contributed by atoms with E-state index in [2.05, 4.69) is 19.2 Å². The van der Waals surface area contributed by atoms with Crippen molar-refractivity contribution in [3.63, 3.8) is 0 Å². The van der Waals surface area contributed by atoms with Crippen molar-refractivity contribution in [2.75, 3.05) is 12.8 Å². The molecule has 0 radical (unpaired) electrons. The molecule has 1 aliphatic heterocycles. The Labute approximate surface area is 158 Å². The van der Waals surface area contributed by atoms with Crippen LogP contribution in [0.5, 0.6) is 0 Å². The quantitative estimate of drug-likeness (QED) is 0.727. The summed E-state index contributed by atoms with van der Waals surface area (Å²) in [6, 6.07) is 0.339. The van der Waals surface area contributed by atoms with Crippen LogP contribution in [-0.4, -0.2) is 55.3 Å². The number of carbonyl (C=O) groups is 2. The molecule has 7 heteroatoms. The molecule has 26 heavy (non-hydrogen) atoms. The Morgan fingerprint density at radius 3 is 2.19 bits per heavy atom. The number of hydrogen-bond acceptors (Lipinski definition) is 4. The van der Waals surface area contributed by atoms with E-state index in [1.165, 1.54) is 0 Å². The summed E-state index contributed by atoms with van der Waals surface area (Å²) in [4.78, 5) is 26.6. The standard InChI is InChI=1S/C19H34N2O4S/c1-4-14(5-2)19(23)21(3)16-10-8-15(9-11-16)20-18(22)13-17-7-6-12-26(17,24)25/h14-17H,4-13H2,1-3H3,(H,20,22). The summed E-state index contributed by atoms with van der Waals surface area (Å²) in [6.07, 6.45) is 6.56. The zero-order valence-corrected chi connectivity index (χ0v) is 17.2. The first-order valence-corrected chi connectivity index (χ1v) is 11.8. The van der Waals surface area contributed by atoms with Gasteiger partial charge in [-0.2, -0.15) is 0 Å². The second-order valence-corrected chi connectivity index (χ2v) is 10.3. The lowest BCUT2D eigenvalue weighted by Crippen LogP contribution is -2.46. The van der Waals surface area contributed by atoms with Crippen molar-refractivity contribution in [3.05, 3.63) is 0 Å². The highest BCUT2D eigenvalue weighted by atomic mass is 32.2. The molecule has 0 aromatic rings. The van der Waals surface area contributed by atoms with Crippen LogP contribution in [0.1, 0.15) is 71.6 Å². The molecule has 1 saturated carbocycles. The first-order valence-electron chi connectivity index (χ1n) is 10.1. The average Bonchev–Trinajstić information content (AvgIpc) is 2.94. The van der Waals surface area contributed by atoms with Gasteiger partial charge in [-0.1, -0.05) is 13.8 Å². The molecule has 2 amide bonds. The molecular weight excluding hydrogens is 352 g/mol. The topological polar surface area (TPSA) is 83.6 Å². The van der Waals surface area contributed by atoms with Crippen LogP contribution >= 0.6 is 0 Å². The third-order valence-corrected chi connectivity index (χ3v) is 8.44. The molecule has 0 aromatic carbocycles. The minimum Gasteiger partial charge on any atom is -0.353 e. The van der Waals surface area contributed by atoms with Crippen molar-refractivity contribution in [1.29, 1.82) is 0 Å². The molecule has 2 rings (SSSR count). The molecular formula is C19H34N2O4S. The summed E-state index contributed by atoms with van der Waals surface area (Å²) in [5, 5.41) is 2.51. The third kappa shape index (κ3) is 5.21. The monoisotopic (exact) mass is 386 g/mol. The Kier molecular flexibility index (Phi) is 7.50. The van der Waals surface area contributed by atoms with Gasteiger partial charge in [-0.15, -0.1) is 0 Å². The zero-order chi connectivity index (χ0) is 19.3. The minimum atomic E-state index is -3.07. The van der Waals surface area contributed by atoms with Crippen molar-refractivity contribution < 1.29 is 18.0 Å². The zero-order valence-electron chi connectivity index (χ0n) is 16.4. The molecule has 150 valence electrons. The molecule has 1 saturated heterocycles. The van der Waals surface area contributed by atoms with Gasteiger partial charge in [0.05, 0.1) is 11.0 Å². The number of nitrogens with zero attached hydrogens (tertiary/aromatic N) is 1. The van der Waals surface area contributed by atoms with Gasteiger partial charge < -0.3 is 10.2 Å². The SMILES string of the molecule is CCC(CC)C(=O)N(C)C1CCC(NC(=O)CC2CCCS2(=O)=O)CC1. The van der Waals surface area contributed by atoms with Gasteiger partial charge in [0.25, 0.3) is 0 Å². The maximum absolute atomic E-state index is 12.5. The van der Waals surface area contributed by atoms with Gasteiger partial charge in [-0.3, -0.25) is 9.59 Å². The van der Waals surface area contributed by atoms with Gasteiger partial charge in [0, 0.05) is 31.5 Å². The summed E-state index contributed by atoms with van der Waals surface area (Å²) in [5.74, 6) is 0.400. The Hall–Kier alpha value is -1.11. The fourth-order valence-electron chi connectivity index (χ4n) is 4.29. The van der Waals surface area contributed by atoms with Crippen LogP contribution in [0.25, 0.3) is 0 Å². The van der Waals surface area contributed by atoms with Crippen LogP contribution in [0.3, 0.4) is 0 Å². The van der Waals surface area contributed by atoms with E-state index in [-0.39, 0.29) is 42.0 Å². The molecule has 0 spiro atoms. The molecule has 1 N–H and O–H groups in total. The minimum absolute atomic E-state index is 0.0926. The van der Waals surface area contributed by atoms with Crippen LogP contribution in [0.15, 0.2) is 0 Å². The highest BCUT2D eigenvalue weighted by Gasteiger charge is 2.34. The van der Waals surface area contributed by atoms with Crippen molar-refractivity contribution >= 4 is 21.7 Å². The van der Waals surface area contributed by atoms with Gasteiger partial charge in [-0.25, -0.2) is 8.42 Å². The maximum Gasteiger partial charge on any atom is 0.225 e. The van der Waals surface area contributed by atoms with Crippen molar-refractivity contribution in [2.45, 2.75) is 89.0 Å². The first kappa shape index (κ1) is 21.2. The lowest BCUT2D eigenvalue weighted by Gasteiger charge is -2.36. The van der Waals surface area contributed by atoms with E-state index in [9.17, 15) is 18.0 Å². The number of hydrogen-bond donors (Lipinski definition) is 1. The Balaban J connectivity index is 1.77.